The highest BCUT2D eigenvalue weighted by Gasteiger charge is 2.26. The van der Waals surface area contributed by atoms with Gasteiger partial charge in [0.15, 0.2) is 0 Å². The minimum atomic E-state index is 1.12. The normalized spacial score (nSPS) is 12.2. The molecule has 0 amide bonds. The maximum absolute atomic E-state index is 2.48. The Balaban J connectivity index is 0.870. The van der Waals surface area contributed by atoms with E-state index in [2.05, 4.69) is 285 Å². The third-order valence-electron chi connectivity index (χ3n) is 16.5. The van der Waals surface area contributed by atoms with E-state index < -0.39 is 0 Å². The molecule has 0 saturated carbocycles. The van der Waals surface area contributed by atoms with E-state index >= 15 is 0 Å². The molecule has 17 rings (SSSR count). The van der Waals surface area contributed by atoms with Gasteiger partial charge in [-0.25, -0.2) is 0 Å². The highest BCUT2D eigenvalue weighted by atomic mass is 15.0. The van der Waals surface area contributed by atoms with Crippen molar-refractivity contribution in [2.45, 2.75) is 0 Å². The highest BCUT2D eigenvalue weighted by molar-refractivity contribution is 6.19. The summed E-state index contributed by atoms with van der Waals surface area (Å²) in [5, 5.41) is 9.95. The van der Waals surface area contributed by atoms with Crippen molar-refractivity contribution in [1.29, 1.82) is 0 Å². The Morgan fingerprint density at radius 3 is 0.789 bits per heavy atom. The summed E-state index contributed by atoms with van der Waals surface area (Å²) in [6.07, 6.45) is 0. The van der Waals surface area contributed by atoms with Crippen LogP contribution in [0, 0.1) is 0 Å². The lowest BCUT2D eigenvalue weighted by molar-refractivity contribution is 1.17. The summed E-state index contributed by atoms with van der Waals surface area (Å²) in [5.74, 6) is 0. The molecular formula is C72H44N4. The molecule has 4 heteroatoms. The molecule has 1 aliphatic rings. The molecule has 0 atom stereocenters. The van der Waals surface area contributed by atoms with Crippen molar-refractivity contribution in [2.75, 3.05) is 0 Å². The molecule has 4 heterocycles. The van der Waals surface area contributed by atoms with Gasteiger partial charge in [-0.1, -0.05) is 182 Å². The van der Waals surface area contributed by atoms with Crippen LogP contribution in [0.3, 0.4) is 0 Å². The average Bonchev–Trinajstić information content (AvgIpc) is 4.26. The molecular weight excluding hydrogens is 921 g/mol. The minimum absolute atomic E-state index is 1.12. The van der Waals surface area contributed by atoms with E-state index in [0.29, 0.717) is 0 Å². The van der Waals surface area contributed by atoms with E-state index in [4.69, 9.17) is 0 Å². The molecule has 0 radical (unpaired) electrons. The number of para-hydroxylation sites is 6. The number of aromatic nitrogens is 4. The number of hydrogen-bond donors (Lipinski definition) is 0. The first-order valence-electron chi connectivity index (χ1n) is 26.3. The molecule has 12 aromatic carbocycles. The van der Waals surface area contributed by atoms with Crippen LogP contribution in [0.2, 0.25) is 0 Å². The monoisotopic (exact) mass is 964 g/mol. The fraction of sp³-hybridized carbons (Fsp3) is 0. The predicted molar refractivity (Wildman–Crippen MR) is 319 cm³/mol. The Morgan fingerprint density at radius 2 is 0.434 bits per heavy atom. The number of fused-ring (bicyclic) bond motifs is 20. The summed E-state index contributed by atoms with van der Waals surface area (Å²) in [6.45, 7) is 0. The zero-order chi connectivity index (χ0) is 49.6. The Kier molecular flexibility index (Phi) is 8.52. The zero-order valence-electron chi connectivity index (χ0n) is 41.2. The quantitative estimate of drug-likeness (QED) is 0.167. The Morgan fingerprint density at radius 1 is 0.171 bits per heavy atom. The van der Waals surface area contributed by atoms with Gasteiger partial charge in [-0.3, -0.25) is 0 Å². The molecule has 4 nitrogen and oxygen atoms in total. The molecule has 0 aliphatic heterocycles. The standard InChI is InChI=1S/C72H44N4/c1-3-21-49-47(19-1)51-41-39-45(73-65-33-15-9-27-57(65)71-67(73)35-17-37-69(71)75-61-29-11-5-23-53(61)54-24-6-12-30-62(54)75)44-60(51)50-22-4-2-20-48(50)52-42-40-46(43-59(49)52)74-66-34-16-10-28-58(66)72-68(74)36-18-38-70(72)76-63-31-13-7-25-55(63)56-26-8-14-32-64(56)76/h1-44H. The molecule has 0 bridgehead atoms. The van der Waals surface area contributed by atoms with Crippen molar-refractivity contribution in [3.63, 3.8) is 0 Å². The second kappa shape index (κ2) is 15.7. The van der Waals surface area contributed by atoms with E-state index in [-0.39, 0.29) is 0 Å². The second-order valence-electron chi connectivity index (χ2n) is 20.3. The van der Waals surface area contributed by atoms with Crippen molar-refractivity contribution in [3.8, 4) is 67.3 Å². The van der Waals surface area contributed by atoms with Gasteiger partial charge in [0.2, 0.25) is 0 Å². The van der Waals surface area contributed by atoms with Crippen molar-refractivity contribution in [1.82, 2.24) is 18.3 Å². The zero-order valence-corrected chi connectivity index (χ0v) is 41.2. The maximum Gasteiger partial charge on any atom is 0.0562 e. The lowest BCUT2D eigenvalue weighted by atomic mass is 9.80. The molecule has 16 aromatic rings. The van der Waals surface area contributed by atoms with Crippen molar-refractivity contribution < 1.29 is 0 Å². The molecule has 0 spiro atoms. The van der Waals surface area contributed by atoms with Crippen LogP contribution in [0.5, 0.6) is 0 Å². The first-order valence-corrected chi connectivity index (χ1v) is 26.3. The van der Waals surface area contributed by atoms with Crippen molar-refractivity contribution >= 4 is 87.2 Å². The smallest absolute Gasteiger partial charge is 0.0562 e. The lowest BCUT2D eigenvalue weighted by Gasteiger charge is -2.24. The van der Waals surface area contributed by atoms with Crippen LogP contribution in [-0.4, -0.2) is 18.3 Å². The number of rotatable bonds is 4. The SMILES string of the molecule is c1ccc2c(c1)-c1ccc(-n3c4ccccc4c4c(-n5c6ccccc6c6ccccc65)cccc43)cc1-c1ccccc1-c1ccc(-n3c4ccccc4c4c(-n5c6ccccc6c6ccccc65)cccc43)cc1-2. The number of nitrogens with zero attached hydrogens (tertiary/aromatic N) is 4. The minimum Gasteiger partial charge on any atom is -0.309 e. The first kappa shape index (κ1) is 41.3. The first-order chi connectivity index (χ1) is 37.8. The predicted octanol–water partition coefficient (Wildman–Crippen LogP) is 19.1. The maximum atomic E-state index is 2.48. The molecule has 0 N–H and O–H groups in total. The lowest BCUT2D eigenvalue weighted by Crippen LogP contribution is -2.01. The van der Waals surface area contributed by atoms with Gasteiger partial charge < -0.3 is 18.3 Å². The van der Waals surface area contributed by atoms with Crippen LogP contribution in [0.1, 0.15) is 0 Å². The topological polar surface area (TPSA) is 19.7 Å². The summed E-state index contributed by atoms with van der Waals surface area (Å²) in [4.78, 5) is 0. The molecule has 0 unspecified atom stereocenters. The van der Waals surface area contributed by atoms with Crippen LogP contribution < -0.4 is 0 Å². The van der Waals surface area contributed by atoms with Crippen LogP contribution >= 0.6 is 0 Å². The molecule has 4 aromatic heterocycles. The Hall–Kier alpha value is -10.2. The van der Waals surface area contributed by atoms with Gasteiger partial charge in [0.1, 0.15) is 0 Å². The van der Waals surface area contributed by atoms with Gasteiger partial charge >= 0.3 is 0 Å². The fourth-order valence-electron chi connectivity index (χ4n) is 13.5. The summed E-state index contributed by atoms with van der Waals surface area (Å²) < 4.78 is 9.89. The average molecular weight is 965 g/mol. The van der Waals surface area contributed by atoms with E-state index in [1.54, 1.807) is 0 Å². The summed E-state index contributed by atoms with van der Waals surface area (Å²) in [7, 11) is 0. The van der Waals surface area contributed by atoms with Gasteiger partial charge in [0.05, 0.1) is 55.5 Å². The molecule has 1 aliphatic carbocycles. The van der Waals surface area contributed by atoms with Gasteiger partial charge in [-0.2, -0.15) is 0 Å². The van der Waals surface area contributed by atoms with Gasteiger partial charge in [-0.15, -0.1) is 0 Å². The van der Waals surface area contributed by atoms with Crippen LogP contribution in [0.25, 0.3) is 154 Å². The highest BCUT2D eigenvalue weighted by Crippen LogP contribution is 2.50. The van der Waals surface area contributed by atoms with E-state index in [1.807, 2.05) is 0 Å². The number of hydrogen-bond acceptors (Lipinski definition) is 0. The van der Waals surface area contributed by atoms with Crippen molar-refractivity contribution in [2.24, 2.45) is 0 Å². The Labute approximate surface area is 437 Å². The van der Waals surface area contributed by atoms with Gasteiger partial charge in [0, 0.05) is 54.5 Å². The van der Waals surface area contributed by atoms with Crippen molar-refractivity contribution in [3.05, 3.63) is 267 Å². The number of benzene rings is 12. The van der Waals surface area contributed by atoms with E-state index in [9.17, 15) is 0 Å². The molecule has 76 heavy (non-hydrogen) atoms. The molecule has 0 fully saturated rings. The fourth-order valence-corrected chi connectivity index (χ4v) is 13.5. The van der Waals surface area contributed by atoms with Crippen LogP contribution in [-0.2, 0) is 0 Å². The third kappa shape index (κ3) is 5.62. The molecule has 0 saturated heterocycles. The van der Waals surface area contributed by atoms with Crippen LogP contribution in [0.15, 0.2) is 267 Å². The van der Waals surface area contributed by atoms with E-state index in [0.717, 1.165) is 11.4 Å². The Bertz CT molecular complexity index is 4700. The van der Waals surface area contributed by atoms with Gasteiger partial charge in [0.25, 0.3) is 0 Å². The van der Waals surface area contributed by atoms with Gasteiger partial charge in [-0.05, 0) is 129 Å². The largest absolute Gasteiger partial charge is 0.309 e. The summed E-state index contributed by atoms with van der Waals surface area (Å²) in [6, 6.07) is 99.0. The third-order valence-corrected chi connectivity index (χ3v) is 16.5. The summed E-state index contributed by atoms with van der Waals surface area (Å²) in [5.41, 5.74) is 23.8. The second-order valence-corrected chi connectivity index (χ2v) is 20.3. The van der Waals surface area contributed by atoms with E-state index in [1.165, 1.54) is 143 Å². The van der Waals surface area contributed by atoms with Crippen LogP contribution in [0.4, 0.5) is 0 Å². The summed E-state index contributed by atoms with van der Waals surface area (Å²) >= 11 is 0. The molecule has 352 valence electrons.